The highest BCUT2D eigenvalue weighted by atomic mass is 19.1. The van der Waals surface area contributed by atoms with Gasteiger partial charge in [-0.3, -0.25) is 0 Å². The van der Waals surface area contributed by atoms with Gasteiger partial charge in [0.1, 0.15) is 11.9 Å². The molecule has 3 rings (SSSR count). The Kier molecular flexibility index (Phi) is 6.23. The fourth-order valence-corrected chi connectivity index (χ4v) is 4.01. The van der Waals surface area contributed by atoms with Gasteiger partial charge in [0.25, 0.3) is 0 Å². The van der Waals surface area contributed by atoms with Crippen LogP contribution in [0, 0.1) is 29.0 Å². The second kappa shape index (κ2) is 8.81. The molecule has 0 heterocycles. The third-order valence-electron chi connectivity index (χ3n) is 5.68. The number of hydrogen-bond acceptors (Lipinski definition) is 1. The highest BCUT2D eigenvalue weighted by molar-refractivity contribution is 5.64. The summed E-state index contributed by atoms with van der Waals surface area (Å²) in [6.45, 7) is 3.86. The van der Waals surface area contributed by atoms with Crippen molar-refractivity contribution in [2.45, 2.75) is 44.9 Å². The maximum Gasteiger partial charge on any atom is 0.141 e. The van der Waals surface area contributed by atoms with E-state index in [4.69, 9.17) is 5.26 Å². The topological polar surface area (TPSA) is 23.8 Å². The Bertz CT molecular complexity index is 777. The van der Waals surface area contributed by atoms with Gasteiger partial charge in [0.15, 0.2) is 0 Å². The first-order valence-electron chi connectivity index (χ1n) is 9.59. The molecule has 0 spiro atoms. The Hall–Kier alpha value is -2.40. The van der Waals surface area contributed by atoms with Crippen LogP contribution in [0.1, 0.15) is 49.7 Å². The summed E-state index contributed by atoms with van der Waals surface area (Å²) in [7, 11) is 0. The van der Waals surface area contributed by atoms with Gasteiger partial charge < -0.3 is 0 Å². The molecule has 0 aliphatic heterocycles. The van der Waals surface area contributed by atoms with E-state index in [9.17, 15) is 4.39 Å². The molecule has 1 aliphatic carbocycles. The van der Waals surface area contributed by atoms with Crippen LogP contribution in [0.4, 0.5) is 4.39 Å². The minimum absolute atomic E-state index is 0.0909. The summed E-state index contributed by atoms with van der Waals surface area (Å²) in [4.78, 5) is 0. The van der Waals surface area contributed by atoms with Crippen LogP contribution in [0.2, 0.25) is 0 Å². The van der Waals surface area contributed by atoms with E-state index in [-0.39, 0.29) is 5.56 Å². The molecule has 1 fully saturated rings. The largest absolute Gasteiger partial charge is 0.206 e. The van der Waals surface area contributed by atoms with Gasteiger partial charge in [-0.2, -0.15) is 5.26 Å². The van der Waals surface area contributed by atoms with Gasteiger partial charge in [0.05, 0.1) is 5.56 Å². The second-order valence-corrected chi connectivity index (χ2v) is 7.45. The lowest BCUT2D eigenvalue weighted by Gasteiger charge is -2.27. The molecule has 0 saturated heterocycles. The molecule has 0 aromatic heterocycles. The Morgan fingerprint density at radius 1 is 1.00 bits per heavy atom. The molecule has 0 amide bonds. The fourth-order valence-electron chi connectivity index (χ4n) is 4.01. The van der Waals surface area contributed by atoms with E-state index in [1.54, 1.807) is 12.1 Å². The van der Waals surface area contributed by atoms with E-state index >= 15 is 0 Å². The lowest BCUT2D eigenvalue weighted by Crippen LogP contribution is -2.14. The Morgan fingerprint density at radius 3 is 2.27 bits per heavy atom. The van der Waals surface area contributed by atoms with E-state index in [0.717, 1.165) is 29.4 Å². The number of nitriles is 1. The molecule has 0 bridgehead atoms. The first kappa shape index (κ1) is 18.4. The Balaban J connectivity index is 1.54. The molecule has 2 aromatic carbocycles. The van der Waals surface area contributed by atoms with Crippen molar-refractivity contribution in [1.29, 1.82) is 5.26 Å². The van der Waals surface area contributed by atoms with Crippen LogP contribution >= 0.6 is 0 Å². The third kappa shape index (κ3) is 4.61. The number of hydrogen-bond donors (Lipinski definition) is 0. The maximum absolute atomic E-state index is 13.8. The predicted molar refractivity (Wildman–Crippen MR) is 105 cm³/mol. The normalized spacial score (nSPS) is 19.7. The van der Waals surface area contributed by atoms with Gasteiger partial charge in [-0.05, 0) is 72.8 Å². The van der Waals surface area contributed by atoms with Gasteiger partial charge >= 0.3 is 0 Å². The lowest BCUT2D eigenvalue weighted by atomic mass is 9.78. The average molecular weight is 347 g/mol. The van der Waals surface area contributed by atoms with Crippen molar-refractivity contribution in [3.63, 3.8) is 0 Å². The highest BCUT2D eigenvalue weighted by Gasteiger charge is 2.19. The first-order chi connectivity index (χ1) is 12.7. The van der Waals surface area contributed by atoms with E-state index < -0.39 is 5.82 Å². The van der Waals surface area contributed by atoms with Crippen LogP contribution < -0.4 is 0 Å². The molecule has 1 saturated carbocycles. The lowest BCUT2D eigenvalue weighted by molar-refractivity contribution is 0.265. The number of halogens is 1. The molecule has 0 atom stereocenters. The molecule has 2 aromatic rings. The molecule has 134 valence electrons. The number of allylic oxidation sites excluding steroid dienone is 1. The molecular weight excluding hydrogens is 321 g/mol. The molecular formula is C24H26FN. The summed E-state index contributed by atoms with van der Waals surface area (Å²) in [5.41, 5.74) is 3.24. The summed E-state index contributed by atoms with van der Waals surface area (Å²) in [6.07, 6.45) is 11.0. The van der Waals surface area contributed by atoms with Crippen molar-refractivity contribution >= 4 is 0 Å². The summed E-state index contributed by atoms with van der Waals surface area (Å²) in [5.74, 6) is 1.25. The number of benzene rings is 2. The molecule has 1 nitrogen and oxygen atoms in total. The van der Waals surface area contributed by atoms with Crippen molar-refractivity contribution in [2.24, 2.45) is 11.8 Å². The molecule has 0 N–H and O–H groups in total. The smallest absolute Gasteiger partial charge is 0.141 e. The SMILES string of the molecule is C=CCC1CCC(CCc2ccc(-c3ccc(C#N)c(F)c3)cc2)CC1. The van der Waals surface area contributed by atoms with E-state index in [1.807, 2.05) is 6.07 Å². The van der Waals surface area contributed by atoms with Gasteiger partial charge in [-0.15, -0.1) is 6.58 Å². The van der Waals surface area contributed by atoms with Crippen molar-refractivity contribution in [1.82, 2.24) is 0 Å². The summed E-state index contributed by atoms with van der Waals surface area (Å²) < 4.78 is 13.8. The molecule has 1 aliphatic rings. The predicted octanol–water partition coefficient (Wildman–Crippen LogP) is 6.68. The monoisotopic (exact) mass is 347 g/mol. The van der Waals surface area contributed by atoms with Gasteiger partial charge in [-0.25, -0.2) is 4.39 Å². The highest BCUT2D eigenvalue weighted by Crippen LogP contribution is 2.33. The Morgan fingerprint density at radius 2 is 1.65 bits per heavy atom. The number of nitrogens with zero attached hydrogens (tertiary/aromatic N) is 1. The average Bonchev–Trinajstić information content (AvgIpc) is 2.68. The fraction of sp³-hybridized carbons (Fsp3) is 0.375. The zero-order valence-electron chi connectivity index (χ0n) is 15.3. The van der Waals surface area contributed by atoms with Crippen molar-refractivity contribution < 1.29 is 4.39 Å². The van der Waals surface area contributed by atoms with E-state index in [2.05, 4.69) is 36.9 Å². The maximum atomic E-state index is 13.8. The van der Waals surface area contributed by atoms with Crippen LogP contribution in [0.15, 0.2) is 55.1 Å². The van der Waals surface area contributed by atoms with Crippen LogP contribution in [-0.2, 0) is 6.42 Å². The number of rotatable bonds is 6. The van der Waals surface area contributed by atoms with Crippen molar-refractivity contribution in [3.8, 4) is 17.2 Å². The van der Waals surface area contributed by atoms with Crippen molar-refractivity contribution in [3.05, 3.63) is 72.1 Å². The van der Waals surface area contributed by atoms with Crippen molar-refractivity contribution in [2.75, 3.05) is 0 Å². The van der Waals surface area contributed by atoms with Crippen LogP contribution in [0.3, 0.4) is 0 Å². The van der Waals surface area contributed by atoms with E-state index in [0.29, 0.717) is 0 Å². The summed E-state index contributed by atoms with van der Waals surface area (Å²) in [6, 6.07) is 15.0. The molecule has 2 heteroatoms. The molecule has 0 radical (unpaired) electrons. The first-order valence-corrected chi connectivity index (χ1v) is 9.59. The minimum Gasteiger partial charge on any atom is -0.206 e. The third-order valence-corrected chi connectivity index (χ3v) is 5.68. The zero-order valence-corrected chi connectivity index (χ0v) is 15.3. The van der Waals surface area contributed by atoms with Gasteiger partial charge in [0, 0.05) is 0 Å². The zero-order chi connectivity index (χ0) is 18.4. The summed E-state index contributed by atoms with van der Waals surface area (Å²) in [5, 5.41) is 8.83. The minimum atomic E-state index is -0.457. The van der Waals surface area contributed by atoms with Crippen LogP contribution in [-0.4, -0.2) is 0 Å². The molecule has 0 unspecified atom stereocenters. The van der Waals surface area contributed by atoms with Crippen LogP contribution in [0.5, 0.6) is 0 Å². The standard InChI is InChI=1S/C24H26FN/c1-2-3-18-4-6-19(7-5-18)8-9-20-10-12-21(13-11-20)22-14-15-23(17-26)24(25)16-22/h2,10-16,18-19H,1,3-9H2. The quantitative estimate of drug-likeness (QED) is 0.535. The van der Waals surface area contributed by atoms with Gasteiger partial charge in [0.2, 0.25) is 0 Å². The number of aryl methyl sites for hydroxylation is 1. The summed E-state index contributed by atoms with van der Waals surface area (Å²) >= 11 is 0. The van der Waals surface area contributed by atoms with Gasteiger partial charge in [-0.1, -0.05) is 49.2 Å². The Labute approximate surface area is 156 Å². The van der Waals surface area contributed by atoms with E-state index in [1.165, 1.54) is 50.2 Å². The molecule has 26 heavy (non-hydrogen) atoms. The van der Waals surface area contributed by atoms with Crippen LogP contribution in [0.25, 0.3) is 11.1 Å². The second-order valence-electron chi connectivity index (χ2n) is 7.45.